The summed E-state index contributed by atoms with van der Waals surface area (Å²) in [5.74, 6) is 1.15. The van der Waals surface area contributed by atoms with Crippen LogP contribution in [0.15, 0.2) is 60.8 Å². The molecular formula is C32H37FN4OSi. The predicted octanol–water partition coefficient (Wildman–Crippen LogP) is 6.43. The summed E-state index contributed by atoms with van der Waals surface area (Å²) in [4.78, 5) is 20.9. The Hall–Kier alpha value is -3.45. The first-order valence-corrected chi connectivity index (χ1v) is 17.3. The summed E-state index contributed by atoms with van der Waals surface area (Å²) in [6.07, 6.45) is 9.31. The fourth-order valence-corrected chi connectivity index (χ4v) is 7.97. The van der Waals surface area contributed by atoms with Gasteiger partial charge in [-0.2, -0.15) is 0 Å². The van der Waals surface area contributed by atoms with Crippen LogP contribution in [0.25, 0.3) is 10.9 Å². The number of halogens is 1. The van der Waals surface area contributed by atoms with Crippen molar-refractivity contribution in [2.75, 3.05) is 23.3 Å². The van der Waals surface area contributed by atoms with Crippen molar-refractivity contribution in [3.8, 4) is 0 Å². The number of rotatable bonds is 7. The molecule has 39 heavy (non-hydrogen) atoms. The molecule has 2 aromatic heterocycles. The normalized spacial score (nSPS) is 16.1. The second-order valence-corrected chi connectivity index (χ2v) is 14.3. The zero-order valence-corrected chi connectivity index (χ0v) is 24.1. The van der Waals surface area contributed by atoms with Crippen LogP contribution in [0.1, 0.15) is 66.1 Å². The maximum Gasteiger partial charge on any atom is 0.272 e. The Kier molecular flexibility index (Phi) is 7.25. The molecule has 3 heterocycles. The molecule has 0 atom stereocenters. The molecule has 0 unspecified atom stereocenters. The molecule has 1 saturated heterocycles. The molecule has 1 aliphatic carbocycles. The van der Waals surface area contributed by atoms with Gasteiger partial charge in [-0.05, 0) is 83.3 Å². The van der Waals surface area contributed by atoms with Gasteiger partial charge < -0.3 is 14.8 Å². The van der Waals surface area contributed by atoms with Gasteiger partial charge in [0.25, 0.3) is 5.91 Å². The first-order chi connectivity index (χ1) is 19.0. The maximum atomic E-state index is 14.1. The number of carbonyl (C=O) groups excluding carboxylic acids is 1. The molecule has 2 fully saturated rings. The van der Waals surface area contributed by atoms with E-state index in [1.165, 1.54) is 60.7 Å². The van der Waals surface area contributed by atoms with Crippen molar-refractivity contribution in [1.82, 2.24) is 9.55 Å². The molecule has 6 rings (SSSR count). The Morgan fingerprint density at radius 1 is 1.03 bits per heavy atom. The van der Waals surface area contributed by atoms with Crippen molar-refractivity contribution < 1.29 is 9.18 Å². The largest absolute Gasteiger partial charge is 0.356 e. The molecule has 0 spiro atoms. The molecule has 1 saturated carbocycles. The number of pyridine rings is 1. The number of fused-ring (bicyclic) bond motifs is 1. The molecule has 5 nitrogen and oxygen atoms in total. The second-order valence-electron chi connectivity index (χ2n) is 11.4. The summed E-state index contributed by atoms with van der Waals surface area (Å²) < 4.78 is 16.3. The molecule has 2 aromatic carbocycles. The van der Waals surface area contributed by atoms with Crippen LogP contribution in [-0.2, 0) is 6.54 Å². The van der Waals surface area contributed by atoms with E-state index in [0.717, 1.165) is 30.0 Å². The highest BCUT2D eigenvalue weighted by Gasteiger charge is 2.27. The fraction of sp³-hybridized carbons (Fsp3) is 0.375. The second kappa shape index (κ2) is 11.0. The van der Waals surface area contributed by atoms with Crippen molar-refractivity contribution in [2.45, 2.75) is 64.1 Å². The lowest BCUT2D eigenvalue weighted by Crippen LogP contribution is -2.37. The van der Waals surface area contributed by atoms with Crippen molar-refractivity contribution in [2.24, 2.45) is 0 Å². The van der Waals surface area contributed by atoms with Gasteiger partial charge in [-0.15, -0.1) is 0 Å². The molecule has 202 valence electrons. The van der Waals surface area contributed by atoms with Crippen LogP contribution in [0.5, 0.6) is 0 Å². The zero-order valence-electron chi connectivity index (χ0n) is 22.9. The van der Waals surface area contributed by atoms with Crippen LogP contribution in [0.2, 0.25) is 13.1 Å². The third kappa shape index (κ3) is 5.24. The number of hydrogen-bond donors (Lipinski definition) is 1. The van der Waals surface area contributed by atoms with E-state index < -0.39 is 8.80 Å². The molecule has 1 aliphatic heterocycles. The predicted molar refractivity (Wildman–Crippen MR) is 161 cm³/mol. The SMILES string of the molecule is C[SiH](C)c1c(C(=O)Nc2ccc(N3CCC3)nc2)n(Cc2cccc(F)c2)c2ccc(C3CCCCC3)cc12. The minimum absolute atomic E-state index is 0.128. The van der Waals surface area contributed by atoms with Gasteiger partial charge in [0.2, 0.25) is 0 Å². The molecule has 1 N–H and O–H groups in total. The highest BCUT2D eigenvalue weighted by Crippen LogP contribution is 2.35. The number of hydrogen-bond acceptors (Lipinski definition) is 3. The number of benzene rings is 2. The lowest BCUT2D eigenvalue weighted by atomic mass is 9.84. The van der Waals surface area contributed by atoms with E-state index in [0.29, 0.717) is 23.8 Å². The molecule has 0 radical (unpaired) electrons. The average Bonchev–Trinajstić information content (AvgIpc) is 3.23. The molecule has 4 aromatic rings. The molecule has 0 bridgehead atoms. The van der Waals surface area contributed by atoms with Crippen molar-refractivity contribution in [1.29, 1.82) is 0 Å². The van der Waals surface area contributed by atoms with Gasteiger partial charge in [0.1, 0.15) is 17.3 Å². The maximum absolute atomic E-state index is 14.1. The van der Waals surface area contributed by atoms with Crippen LogP contribution >= 0.6 is 0 Å². The lowest BCUT2D eigenvalue weighted by Gasteiger charge is -2.31. The van der Waals surface area contributed by atoms with Crippen LogP contribution in [0, 0.1) is 5.82 Å². The number of amides is 1. The van der Waals surface area contributed by atoms with Crippen LogP contribution in [0.4, 0.5) is 15.9 Å². The smallest absolute Gasteiger partial charge is 0.272 e. The van der Waals surface area contributed by atoms with Gasteiger partial charge >= 0.3 is 0 Å². The van der Waals surface area contributed by atoms with E-state index >= 15 is 0 Å². The summed E-state index contributed by atoms with van der Waals surface area (Å²) in [5.41, 5.74) is 4.66. The van der Waals surface area contributed by atoms with E-state index in [-0.39, 0.29) is 11.7 Å². The minimum Gasteiger partial charge on any atom is -0.356 e. The van der Waals surface area contributed by atoms with Gasteiger partial charge in [0.15, 0.2) is 0 Å². The van der Waals surface area contributed by atoms with E-state index in [4.69, 9.17) is 0 Å². The van der Waals surface area contributed by atoms with Crippen LogP contribution in [-0.4, -0.2) is 37.3 Å². The lowest BCUT2D eigenvalue weighted by molar-refractivity contribution is 0.102. The number of carbonyl (C=O) groups is 1. The van der Waals surface area contributed by atoms with E-state index in [2.05, 4.69) is 51.1 Å². The Balaban J connectivity index is 1.43. The van der Waals surface area contributed by atoms with E-state index in [1.807, 2.05) is 18.2 Å². The Bertz CT molecular complexity index is 1490. The average molecular weight is 541 g/mol. The molecule has 1 amide bonds. The van der Waals surface area contributed by atoms with Crippen molar-refractivity contribution in [3.05, 3.63) is 83.4 Å². The summed E-state index contributed by atoms with van der Waals surface area (Å²) >= 11 is 0. The van der Waals surface area contributed by atoms with E-state index in [1.54, 1.807) is 18.3 Å². The minimum atomic E-state index is -1.44. The number of aromatic nitrogens is 2. The van der Waals surface area contributed by atoms with E-state index in [9.17, 15) is 9.18 Å². The molecular weight excluding hydrogens is 503 g/mol. The molecule has 7 heteroatoms. The number of nitrogens with one attached hydrogen (secondary N) is 1. The summed E-state index contributed by atoms with van der Waals surface area (Å²) in [6.45, 7) is 7.07. The molecule has 2 aliphatic rings. The van der Waals surface area contributed by atoms with Crippen LogP contribution < -0.4 is 15.4 Å². The third-order valence-electron chi connectivity index (χ3n) is 8.41. The number of nitrogens with zero attached hydrogens (tertiary/aromatic N) is 3. The summed E-state index contributed by atoms with van der Waals surface area (Å²) in [6, 6.07) is 17.4. The number of anilines is 2. The first kappa shape index (κ1) is 25.8. The Morgan fingerprint density at radius 3 is 2.51 bits per heavy atom. The van der Waals surface area contributed by atoms with Gasteiger partial charge in [-0.3, -0.25) is 4.79 Å². The Morgan fingerprint density at radius 2 is 1.85 bits per heavy atom. The van der Waals surface area contributed by atoms with Gasteiger partial charge in [0, 0.05) is 25.2 Å². The van der Waals surface area contributed by atoms with Crippen LogP contribution in [0.3, 0.4) is 0 Å². The fourth-order valence-electron chi connectivity index (χ4n) is 6.28. The Labute approximate surface area is 231 Å². The highest BCUT2D eigenvalue weighted by molar-refractivity contribution is 6.74. The third-order valence-corrected chi connectivity index (χ3v) is 10.2. The summed E-state index contributed by atoms with van der Waals surface area (Å²) in [7, 11) is -1.44. The quantitative estimate of drug-likeness (QED) is 0.275. The zero-order chi connectivity index (χ0) is 26.9. The van der Waals surface area contributed by atoms with Gasteiger partial charge in [-0.1, -0.05) is 50.6 Å². The summed E-state index contributed by atoms with van der Waals surface area (Å²) in [5, 5.41) is 5.51. The standard InChI is InChI=1S/C32H37FN4OSi/c1-39(2)31-27-19-24(23-9-4-3-5-10-23)12-14-28(27)37(21-22-8-6-11-25(33)18-22)30(31)32(38)35-26-13-15-29(34-20-26)36-16-7-17-36/h6,8,11-15,18-20,23,39H,3-5,7,9-10,16-17,21H2,1-2H3,(H,35,38). The first-order valence-electron chi connectivity index (χ1n) is 14.4. The van der Waals surface area contributed by atoms with Crippen molar-refractivity contribution >= 4 is 42.3 Å². The van der Waals surface area contributed by atoms with Gasteiger partial charge in [-0.25, -0.2) is 9.37 Å². The van der Waals surface area contributed by atoms with Gasteiger partial charge in [0.05, 0.1) is 20.7 Å². The van der Waals surface area contributed by atoms with Crippen molar-refractivity contribution in [3.63, 3.8) is 0 Å². The topological polar surface area (TPSA) is 50.2 Å². The monoisotopic (exact) mass is 540 g/mol. The highest BCUT2D eigenvalue weighted by atomic mass is 28.3.